The first-order chi connectivity index (χ1) is 21.9. The predicted molar refractivity (Wildman–Crippen MR) is 178 cm³/mol. The van der Waals surface area contributed by atoms with Gasteiger partial charge in [-0.1, -0.05) is 79.9 Å². The van der Waals surface area contributed by atoms with Crippen LogP contribution in [0.2, 0.25) is 0 Å². The molecule has 4 N–H and O–H groups in total. The third kappa shape index (κ3) is 7.51. The lowest BCUT2D eigenvalue weighted by Crippen LogP contribution is -2.44. The molecule has 0 spiro atoms. The zero-order chi connectivity index (χ0) is 31.8. The number of carbonyl (C=O) groups is 3. The van der Waals surface area contributed by atoms with Gasteiger partial charge in [-0.15, -0.1) is 0 Å². The zero-order valence-corrected chi connectivity index (χ0v) is 26.4. The standard InChI is InChI=1S/C35H39N5O4S/c1-23-11-9-10-16-28(23)40(35(43)32-29(36)30(39-45-32)33(41)38-26-14-7-4-8-15-26)31(25-17-19-27(44-2)20-18-25)34(42)37-22-21-24-12-5-3-6-13-24/h3,5-6,9-13,16-20,26,31H,4,7-8,14-15,21-22,36H2,1-2H3,(H,37,42)(H,38,41)/t31-/m1/s1. The van der Waals surface area contributed by atoms with Crippen LogP contribution in [0.3, 0.4) is 0 Å². The summed E-state index contributed by atoms with van der Waals surface area (Å²) in [5.74, 6) is -0.639. The lowest BCUT2D eigenvalue weighted by atomic mass is 9.95. The number of hydrogen-bond acceptors (Lipinski definition) is 7. The van der Waals surface area contributed by atoms with E-state index in [0.717, 1.165) is 54.8 Å². The average molecular weight is 626 g/mol. The van der Waals surface area contributed by atoms with E-state index in [4.69, 9.17) is 10.5 Å². The number of amides is 3. The van der Waals surface area contributed by atoms with Crippen LogP contribution in [0.15, 0.2) is 78.9 Å². The van der Waals surface area contributed by atoms with E-state index in [2.05, 4.69) is 15.0 Å². The highest BCUT2D eigenvalue weighted by Crippen LogP contribution is 2.35. The maximum atomic E-state index is 14.6. The molecule has 10 heteroatoms. The van der Waals surface area contributed by atoms with Crippen LogP contribution in [0.25, 0.3) is 0 Å². The number of ether oxygens (including phenoxy) is 1. The number of rotatable bonds is 11. The Morgan fingerprint density at radius 2 is 1.67 bits per heavy atom. The normalized spacial score (nSPS) is 13.9. The maximum Gasteiger partial charge on any atom is 0.273 e. The Labute approximate surface area is 268 Å². The molecule has 0 bridgehead atoms. The van der Waals surface area contributed by atoms with Gasteiger partial charge in [0, 0.05) is 18.3 Å². The Bertz CT molecular complexity index is 1620. The molecule has 1 heterocycles. The van der Waals surface area contributed by atoms with Crippen molar-refractivity contribution in [1.29, 1.82) is 0 Å². The second kappa shape index (κ2) is 14.9. The number of nitrogen functional groups attached to an aromatic ring is 1. The van der Waals surface area contributed by atoms with Crippen molar-refractivity contribution in [3.63, 3.8) is 0 Å². The molecule has 1 aromatic heterocycles. The zero-order valence-electron chi connectivity index (χ0n) is 25.6. The number of benzene rings is 3. The van der Waals surface area contributed by atoms with E-state index in [0.29, 0.717) is 30.0 Å². The van der Waals surface area contributed by atoms with E-state index in [-0.39, 0.29) is 34.1 Å². The second-order valence-corrected chi connectivity index (χ2v) is 12.0. The third-order valence-corrected chi connectivity index (χ3v) is 9.02. The maximum absolute atomic E-state index is 14.6. The molecular weight excluding hydrogens is 586 g/mol. The number of nitrogens with zero attached hydrogens (tertiary/aromatic N) is 2. The second-order valence-electron chi connectivity index (χ2n) is 11.2. The number of para-hydroxylation sites is 1. The first-order valence-electron chi connectivity index (χ1n) is 15.3. The van der Waals surface area contributed by atoms with E-state index < -0.39 is 11.9 Å². The fourth-order valence-corrected chi connectivity index (χ4v) is 6.44. The molecule has 1 atom stereocenters. The van der Waals surface area contributed by atoms with Crippen molar-refractivity contribution >= 4 is 40.6 Å². The molecule has 1 saturated carbocycles. The van der Waals surface area contributed by atoms with Gasteiger partial charge in [0.1, 0.15) is 16.7 Å². The van der Waals surface area contributed by atoms with Crippen molar-refractivity contribution < 1.29 is 19.1 Å². The quantitative estimate of drug-likeness (QED) is 0.192. The number of carbonyl (C=O) groups excluding carboxylic acids is 3. The van der Waals surface area contributed by atoms with Crippen LogP contribution in [0, 0.1) is 6.92 Å². The molecule has 0 unspecified atom stereocenters. The highest BCUT2D eigenvalue weighted by Gasteiger charge is 2.37. The SMILES string of the molecule is COc1ccc([C@H](C(=O)NCCc2ccccc2)N(C(=O)c2snc(C(=O)NC3CCCCC3)c2N)c2ccccc2C)cc1. The number of anilines is 2. The van der Waals surface area contributed by atoms with Gasteiger partial charge < -0.3 is 21.1 Å². The van der Waals surface area contributed by atoms with Gasteiger partial charge in [-0.2, -0.15) is 4.37 Å². The van der Waals surface area contributed by atoms with E-state index >= 15 is 0 Å². The molecule has 0 radical (unpaired) electrons. The van der Waals surface area contributed by atoms with Gasteiger partial charge in [0.05, 0.1) is 12.8 Å². The molecule has 1 aliphatic carbocycles. The Hall–Kier alpha value is -4.70. The van der Waals surface area contributed by atoms with Gasteiger partial charge in [0.25, 0.3) is 11.8 Å². The van der Waals surface area contributed by atoms with Crippen molar-refractivity contribution in [2.45, 2.75) is 57.5 Å². The molecule has 4 aromatic rings. The summed E-state index contributed by atoms with van der Waals surface area (Å²) in [6, 6.07) is 23.3. The summed E-state index contributed by atoms with van der Waals surface area (Å²) in [5.41, 5.74) is 9.53. The van der Waals surface area contributed by atoms with Crippen molar-refractivity contribution in [3.05, 3.63) is 106 Å². The molecule has 9 nitrogen and oxygen atoms in total. The molecule has 234 valence electrons. The first kappa shape index (κ1) is 31.7. The minimum atomic E-state index is -1.05. The Balaban J connectivity index is 1.50. The molecule has 1 fully saturated rings. The lowest BCUT2D eigenvalue weighted by molar-refractivity contribution is -0.122. The van der Waals surface area contributed by atoms with Gasteiger partial charge in [-0.05, 0) is 72.6 Å². The van der Waals surface area contributed by atoms with Crippen LogP contribution in [0.4, 0.5) is 11.4 Å². The van der Waals surface area contributed by atoms with Crippen LogP contribution in [0.1, 0.15) is 75.0 Å². The molecule has 5 rings (SSSR count). The fourth-order valence-electron chi connectivity index (χ4n) is 5.70. The Kier molecular flexibility index (Phi) is 10.5. The number of hydrogen-bond donors (Lipinski definition) is 3. The highest BCUT2D eigenvalue weighted by molar-refractivity contribution is 7.09. The minimum absolute atomic E-state index is 0.00913. The van der Waals surface area contributed by atoms with E-state index in [1.54, 1.807) is 37.4 Å². The monoisotopic (exact) mass is 625 g/mol. The average Bonchev–Trinajstić information content (AvgIpc) is 3.46. The topological polar surface area (TPSA) is 127 Å². The Morgan fingerprint density at radius 1 is 0.978 bits per heavy atom. The summed E-state index contributed by atoms with van der Waals surface area (Å²) >= 11 is 0.870. The van der Waals surface area contributed by atoms with Crippen LogP contribution in [-0.4, -0.2) is 41.8 Å². The summed E-state index contributed by atoms with van der Waals surface area (Å²) < 4.78 is 9.68. The number of methoxy groups -OCH3 is 1. The summed E-state index contributed by atoms with van der Waals surface area (Å²) in [7, 11) is 1.57. The summed E-state index contributed by atoms with van der Waals surface area (Å²) in [6.07, 6.45) is 5.73. The van der Waals surface area contributed by atoms with Gasteiger partial charge in [-0.25, -0.2) is 0 Å². The third-order valence-electron chi connectivity index (χ3n) is 8.17. The van der Waals surface area contributed by atoms with Crippen LogP contribution in [-0.2, 0) is 11.2 Å². The van der Waals surface area contributed by atoms with Gasteiger partial charge in [0.2, 0.25) is 5.91 Å². The number of aryl methyl sites for hydroxylation is 1. The van der Waals surface area contributed by atoms with Crippen molar-refractivity contribution in [2.24, 2.45) is 0 Å². The van der Waals surface area contributed by atoms with E-state index in [1.807, 2.05) is 55.5 Å². The lowest BCUT2D eigenvalue weighted by Gasteiger charge is -2.32. The van der Waals surface area contributed by atoms with Crippen LogP contribution >= 0.6 is 11.5 Å². The number of aromatic nitrogens is 1. The summed E-state index contributed by atoms with van der Waals surface area (Å²) in [6.45, 7) is 2.26. The van der Waals surface area contributed by atoms with Crippen molar-refractivity contribution in [3.8, 4) is 5.75 Å². The highest BCUT2D eigenvalue weighted by atomic mass is 32.1. The van der Waals surface area contributed by atoms with Gasteiger partial charge in [0.15, 0.2) is 5.69 Å². The largest absolute Gasteiger partial charge is 0.497 e. The van der Waals surface area contributed by atoms with Crippen molar-refractivity contribution in [1.82, 2.24) is 15.0 Å². The Morgan fingerprint density at radius 3 is 2.36 bits per heavy atom. The molecule has 3 aromatic carbocycles. The molecule has 1 aliphatic rings. The minimum Gasteiger partial charge on any atom is -0.497 e. The molecular formula is C35H39N5O4S. The molecule has 0 saturated heterocycles. The van der Waals surface area contributed by atoms with Crippen LogP contribution in [0.5, 0.6) is 5.75 Å². The predicted octanol–water partition coefficient (Wildman–Crippen LogP) is 5.85. The first-order valence-corrected chi connectivity index (χ1v) is 16.1. The van der Waals surface area contributed by atoms with E-state index in [1.165, 1.54) is 4.90 Å². The molecule has 0 aliphatic heterocycles. The summed E-state index contributed by atoms with van der Waals surface area (Å²) in [5, 5.41) is 6.08. The van der Waals surface area contributed by atoms with Crippen LogP contribution < -0.4 is 26.0 Å². The number of nitrogens with one attached hydrogen (secondary N) is 2. The number of nitrogens with two attached hydrogens (primary N) is 1. The fraction of sp³-hybridized carbons (Fsp3) is 0.314. The smallest absolute Gasteiger partial charge is 0.273 e. The van der Waals surface area contributed by atoms with E-state index in [9.17, 15) is 14.4 Å². The van der Waals surface area contributed by atoms with Gasteiger partial charge in [-0.3, -0.25) is 19.3 Å². The van der Waals surface area contributed by atoms with Gasteiger partial charge >= 0.3 is 0 Å². The summed E-state index contributed by atoms with van der Waals surface area (Å²) in [4.78, 5) is 43.4. The molecule has 45 heavy (non-hydrogen) atoms. The molecule has 3 amide bonds. The van der Waals surface area contributed by atoms with Crippen molar-refractivity contribution in [2.75, 3.05) is 24.3 Å².